The van der Waals surface area contributed by atoms with E-state index in [1.807, 2.05) is 99.6 Å². The Bertz CT molecular complexity index is 1740. The second-order valence-corrected chi connectivity index (χ2v) is 14.1. The number of carbonyl (C=O) groups is 2. The molecule has 2 amide bonds. The van der Waals surface area contributed by atoms with Crippen LogP contribution in [0.15, 0.2) is 103 Å². The Balaban J connectivity index is 1.12. The minimum Gasteiger partial charge on any atom is -0.459 e. The molecule has 0 aliphatic carbocycles. The number of carbonyl (C=O) groups excluding carboxylic acids is 2. The lowest BCUT2D eigenvalue weighted by molar-refractivity contribution is -0.276. The summed E-state index contributed by atoms with van der Waals surface area (Å²) in [7, 11) is 0. The average Bonchev–Trinajstić information content (AvgIpc) is 3.59. The van der Waals surface area contributed by atoms with Gasteiger partial charge in [-0.3, -0.25) is 9.69 Å². The summed E-state index contributed by atoms with van der Waals surface area (Å²) < 4.78 is 24.9. The molecule has 0 aromatic heterocycles. The van der Waals surface area contributed by atoms with Gasteiger partial charge in [0.05, 0.1) is 18.8 Å². The maximum atomic E-state index is 13.1. The molecule has 10 heteroatoms. The fourth-order valence-corrected chi connectivity index (χ4v) is 6.49. The number of amides is 2. The molecule has 3 N–H and O–H groups in total. The van der Waals surface area contributed by atoms with Crippen LogP contribution in [0.3, 0.4) is 0 Å². The number of hydrogen-bond donors (Lipinski definition) is 3. The highest BCUT2D eigenvalue weighted by Crippen LogP contribution is 2.42. The van der Waals surface area contributed by atoms with Gasteiger partial charge in [-0.05, 0) is 99.8 Å². The van der Waals surface area contributed by atoms with Crippen molar-refractivity contribution in [3.63, 3.8) is 0 Å². The number of nitrogens with zero attached hydrogens (tertiary/aromatic N) is 1. The van der Waals surface area contributed by atoms with Crippen molar-refractivity contribution in [3.8, 4) is 11.5 Å². The molecule has 6 rings (SSSR count). The molecular weight excluding hydrogens is 646 g/mol. The van der Waals surface area contributed by atoms with Gasteiger partial charge in [-0.15, -0.1) is 0 Å². The maximum Gasteiger partial charge on any atom is 0.323 e. The van der Waals surface area contributed by atoms with Crippen molar-refractivity contribution in [3.05, 3.63) is 120 Å². The first-order valence-corrected chi connectivity index (χ1v) is 17.5. The largest absolute Gasteiger partial charge is 0.459 e. The van der Waals surface area contributed by atoms with Gasteiger partial charge in [0, 0.05) is 29.4 Å². The van der Waals surface area contributed by atoms with Crippen LogP contribution < -0.4 is 15.4 Å². The summed E-state index contributed by atoms with van der Waals surface area (Å²) in [6.07, 6.45) is 0.431. The molecule has 2 aliphatic rings. The Labute approximate surface area is 299 Å². The molecular formula is C41H47N3O7. The zero-order valence-electron chi connectivity index (χ0n) is 29.6. The molecule has 0 bridgehead atoms. The van der Waals surface area contributed by atoms with Gasteiger partial charge in [-0.25, -0.2) is 4.79 Å². The topological polar surface area (TPSA) is 119 Å². The number of aliphatic hydroxyl groups is 1. The van der Waals surface area contributed by atoms with Gasteiger partial charge in [-0.1, -0.05) is 61.5 Å². The minimum absolute atomic E-state index is 0.0366. The van der Waals surface area contributed by atoms with E-state index in [0.717, 1.165) is 41.8 Å². The molecule has 0 spiro atoms. The van der Waals surface area contributed by atoms with Crippen LogP contribution >= 0.6 is 0 Å². The van der Waals surface area contributed by atoms with Gasteiger partial charge in [0.1, 0.15) is 23.1 Å². The lowest BCUT2D eigenvalue weighted by Gasteiger charge is -2.43. The Hall–Kier alpha value is -4.74. The minimum atomic E-state index is -0.684. The van der Waals surface area contributed by atoms with Crippen LogP contribution in [-0.4, -0.2) is 52.8 Å². The predicted molar refractivity (Wildman–Crippen MR) is 195 cm³/mol. The number of urea groups is 1. The van der Waals surface area contributed by atoms with Crippen molar-refractivity contribution in [2.75, 3.05) is 23.7 Å². The molecule has 10 nitrogen and oxygen atoms in total. The summed E-state index contributed by atoms with van der Waals surface area (Å²) in [4.78, 5) is 28.1. The van der Waals surface area contributed by atoms with Gasteiger partial charge >= 0.3 is 12.0 Å². The van der Waals surface area contributed by atoms with E-state index in [2.05, 4.69) is 22.5 Å². The number of benzene rings is 4. The van der Waals surface area contributed by atoms with Crippen LogP contribution in [0.1, 0.15) is 69.6 Å². The smallest absolute Gasteiger partial charge is 0.323 e. The molecule has 0 unspecified atom stereocenters. The molecule has 2 fully saturated rings. The number of likely N-dealkylation sites (tertiary alicyclic amines) is 1. The Morgan fingerprint density at radius 3 is 2.06 bits per heavy atom. The molecule has 0 radical (unpaired) electrons. The fraction of sp³-hybridized carbons (Fsp3) is 0.366. The van der Waals surface area contributed by atoms with Gasteiger partial charge in [-0.2, -0.15) is 0 Å². The monoisotopic (exact) mass is 693 g/mol. The number of para-hydroxylation sites is 1. The second-order valence-electron chi connectivity index (χ2n) is 14.1. The van der Waals surface area contributed by atoms with E-state index in [9.17, 15) is 14.7 Å². The van der Waals surface area contributed by atoms with Crippen molar-refractivity contribution in [2.24, 2.45) is 5.92 Å². The average molecular weight is 694 g/mol. The molecule has 2 saturated heterocycles. The SMILES string of the molecule is C[C@H]1[C@@H](CN2CCC[C@H]2C(=O)OC(C)(C)C)O[C@@H](c2ccc(NC(=O)Nc3ccc(Oc4ccccc4)cc3)cc2)O[C@H]1c1ccc(CO)cc1. The molecule has 0 saturated carbocycles. The molecule has 2 aliphatic heterocycles. The van der Waals surface area contributed by atoms with E-state index in [1.165, 1.54) is 0 Å². The Morgan fingerprint density at radius 1 is 0.824 bits per heavy atom. The third kappa shape index (κ3) is 9.53. The molecule has 51 heavy (non-hydrogen) atoms. The number of anilines is 2. The van der Waals surface area contributed by atoms with Crippen LogP contribution in [0, 0.1) is 5.92 Å². The number of nitrogens with one attached hydrogen (secondary N) is 2. The normalized spacial score (nSPS) is 22.3. The van der Waals surface area contributed by atoms with Crippen molar-refractivity contribution >= 4 is 23.4 Å². The number of ether oxygens (including phenoxy) is 4. The summed E-state index contributed by atoms with van der Waals surface area (Å²) in [5.41, 5.74) is 3.28. The van der Waals surface area contributed by atoms with E-state index < -0.39 is 11.9 Å². The Morgan fingerprint density at radius 2 is 1.43 bits per heavy atom. The summed E-state index contributed by atoms with van der Waals surface area (Å²) in [6.45, 7) is 9.07. The van der Waals surface area contributed by atoms with Crippen LogP contribution in [0.25, 0.3) is 0 Å². The first kappa shape index (κ1) is 36.1. The third-order valence-corrected chi connectivity index (χ3v) is 9.11. The summed E-state index contributed by atoms with van der Waals surface area (Å²) in [5.74, 6) is 1.16. The van der Waals surface area contributed by atoms with Crippen molar-refractivity contribution in [1.82, 2.24) is 4.90 Å². The summed E-state index contributed by atoms with van der Waals surface area (Å²) in [6, 6.07) is 31.1. The molecule has 5 atom stereocenters. The van der Waals surface area contributed by atoms with Crippen LogP contribution in [0.2, 0.25) is 0 Å². The second kappa shape index (κ2) is 16.1. The number of hydrogen-bond acceptors (Lipinski definition) is 8. The predicted octanol–water partition coefficient (Wildman–Crippen LogP) is 8.21. The van der Waals surface area contributed by atoms with Gasteiger partial charge in [0.15, 0.2) is 6.29 Å². The van der Waals surface area contributed by atoms with E-state index in [4.69, 9.17) is 18.9 Å². The maximum absolute atomic E-state index is 13.1. The van der Waals surface area contributed by atoms with E-state index in [0.29, 0.717) is 23.7 Å². The van der Waals surface area contributed by atoms with Gasteiger partial charge in [0.2, 0.25) is 0 Å². The van der Waals surface area contributed by atoms with Crippen LogP contribution in [0.5, 0.6) is 11.5 Å². The van der Waals surface area contributed by atoms with Crippen molar-refractivity contribution < 1.29 is 33.6 Å². The van der Waals surface area contributed by atoms with Crippen molar-refractivity contribution in [2.45, 2.75) is 77.3 Å². The molecule has 4 aromatic rings. The number of rotatable bonds is 10. The zero-order valence-corrected chi connectivity index (χ0v) is 29.6. The lowest BCUT2D eigenvalue weighted by Crippen LogP contribution is -2.48. The fourth-order valence-electron chi connectivity index (χ4n) is 6.49. The summed E-state index contributed by atoms with van der Waals surface area (Å²) >= 11 is 0. The van der Waals surface area contributed by atoms with E-state index in [-0.39, 0.29) is 42.8 Å². The highest BCUT2D eigenvalue weighted by molar-refractivity contribution is 5.99. The van der Waals surface area contributed by atoms with E-state index in [1.54, 1.807) is 24.3 Å². The number of aliphatic hydroxyl groups excluding tert-OH is 1. The van der Waals surface area contributed by atoms with Gasteiger partial charge in [0.25, 0.3) is 0 Å². The standard InChI is InChI=1S/C41H47N3O7/c1-27-36(25-44-24-8-11-35(44)38(46)51-41(2,3)4)49-39(50-37(27)29-14-12-28(26-45)13-15-29)30-16-18-31(19-17-30)42-40(47)43-32-20-22-34(23-21-32)48-33-9-6-5-7-10-33/h5-7,9-10,12-23,27,35-37,39,45H,8,11,24-26H2,1-4H3,(H2,42,43,47)/t27-,35-,36+,37+,39+/m0/s1. The van der Waals surface area contributed by atoms with Crippen LogP contribution in [0.4, 0.5) is 16.2 Å². The first-order valence-electron chi connectivity index (χ1n) is 17.5. The lowest BCUT2D eigenvalue weighted by atomic mass is 9.90. The van der Waals surface area contributed by atoms with E-state index >= 15 is 0 Å². The van der Waals surface area contributed by atoms with Crippen molar-refractivity contribution in [1.29, 1.82) is 0 Å². The summed E-state index contributed by atoms with van der Waals surface area (Å²) in [5, 5.41) is 15.3. The molecule has 4 aromatic carbocycles. The Kier molecular flexibility index (Phi) is 11.4. The number of esters is 1. The quantitative estimate of drug-likeness (QED) is 0.142. The molecule has 2 heterocycles. The van der Waals surface area contributed by atoms with Crippen LogP contribution in [-0.2, 0) is 25.6 Å². The highest BCUT2D eigenvalue weighted by atomic mass is 16.7. The third-order valence-electron chi connectivity index (χ3n) is 9.11. The zero-order chi connectivity index (χ0) is 36.0. The highest BCUT2D eigenvalue weighted by Gasteiger charge is 2.42. The van der Waals surface area contributed by atoms with Gasteiger partial charge < -0.3 is 34.7 Å². The molecule has 268 valence electrons. The first-order chi connectivity index (χ1) is 24.5.